The molecule has 62 valence electrons. The van der Waals surface area contributed by atoms with Crippen molar-refractivity contribution in [3.8, 4) is 0 Å². The molecule has 0 saturated carbocycles. The van der Waals surface area contributed by atoms with E-state index in [4.69, 9.17) is 9.47 Å². The molecule has 0 atom stereocenters. The summed E-state index contributed by atoms with van der Waals surface area (Å²) in [5.74, 6) is 0.295. The van der Waals surface area contributed by atoms with Crippen molar-refractivity contribution in [2.45, 2.75) is 26.4 Å². The van der Waals surface area contributed by atoms with Gasteiger partial charge in [0, 0.05) is 0 Å². The number of hydrogen-bond donors (Lipinski definition) is 0. The first-order chi connectivity index (χ1) is 5.06. The molecule has 0 saturated heterocycles. The van der Waals surface area contributed by atoms with Crippen molar-refractivity contribution in [1.82, 2.24) is 0 Å². The van der Waals surface area contributed by atoms with Crippen LogP contribution in [0.2, 0.25) is 0 Å². The molecule has 0 aromatic carbocycles. The van der Waals surface area contributed by atoms with Crippen LogP contribution in [0.5, 0.6) is 0 Å². The maximum Gasteiger partial charge on any atom is 0.283 e. The standard InChI is InChI=1S/C8H12O3/c1-4-10-7-5-6(9)8(2,3)11-7/h5H,4H2,1-3H3. The molecule has 3 nitrogen and oxygen atoms in total. The molecule has 0 bridgehead atoms. The van der Waals surface area contributed by atoms with E-state index in [0.29, 0.717) is 12.6 Å². The fourth-order valence-corrected chi connectivity index (χ4v) is 0.825. The van der Waals surface area contributed by atoms with Gasteiger partial charge >= 0.3 is 0 Å². The zero-order chi connectivity index (χ0) is 8.48. The molecule has 0 radical (unpaired) electrons. The fraction of sp³-hybridized carbons (Fsp3) is 0.625. The highest BCUT2D eigenvalue weighted by Crippen LogP contribution is 2.24. The Labute approximate surface area is 66.0 Å². The van der Waals surface area contributed by atoms with E-state index in [1.807, 2.05) is 6.92 Å². The Bertz CT molecular complexity index is 203. The Balaban J connectivity index is 2.64. The van der Waals surface area contributed by atoms with Gasteiger partial charge < -0.3 is 9.47 Å². The van der Waals surface area contributed by atoms with Crippen LogP contribution in [-0.4, -0.2) is 18.0 Å². The van der Waals surface area contributed by atoms with Crippen LogP contribution in [0.4, 0.5) is 0 Å². The van der Waals surface area contributed by atoms with Crippen LogP contribution in [0.1, 0.15) is 20.8 Å². The van der Waals surface area contributed by atoms with E-state index < -0.39 is 5.60 Å². The van der Waals surface area contributed by atoms with E-state index in [1.54, 1.807) is 13.8 Å². The van der Waals surface area contributed by atoms with Crippen molar-refractivity contribution in [2.24, 2.45) is 0 Å². The topological polar surface area (TPSA) is 35.5 Å². The van der Waals surface area contributed by atoms with Crippen LogP contribution in [0.15, 0.2) is 12.0 Å². The van der Waals surface area contributed by atoms with Crippen molar-refractivity contribution < 1.29 is 14.3 Å². The van der Waals surface area contributed by atoms with Crippen LogP contribution in [0, 0.1) is 0 Å². The zero-order valence-corrected chi connectivity index (χ0v) is 7.01. The summed E-state index contributed by atoms with van der Waals surface area (Å²) in [6, 6.07) is 0. The maximum absolute atomic E-state index is 11.1. The monoisotopic (exact) mass is 156 g/mol. The molecule has 0 aromatic rings. The van der Waals surface area contributed by atoms with Crippen molar-refractivity contribution in [1.29, 1.82) is 0 Å². The third-order valence-corrected chi connectivity index (χ3v) is 1.48. The van der Waals surface area contributed by atoms with Crippen LogP contribution < -0.4 is 0 Å². The van der Waals surface area contributed by atoms with Gasteiger partial charge in [0.25, 0.3) is 5.95 Å². The Hall–Kier alpha value is -0.990. The second-order valence-electron chi connectivity index (χ2n) is 2.87. The normalized spacial score (nSPS) is 21.0. The Kier molecular flexibility index (Phi) is 1.89. The lowest BCUT2D eigenvalue weighted by Gasteiger charge is -2.16. The van der Waals surface area contributed by atoms with Gasteiger partial charge in [-0.15, -0.1) is 0 Å². The minimum absolute atomic E-state index is 0.0408. The summed E-state index contributed by atoms with van der Waals surface area (Å²) in [5.41, 5.74) is -0.732. The molecule has 1 aliphatic rings. The average molecular weight is 156 g/mol. The number of carbonyl (C=O) groups excluding carboxylic acids is 1. The number of ketones is 1. The van der Waals surface area contributed by atoms with E-state index in [0.717, 1.165) is 0 Å². The SMILES string of the molecule is CCOC1=CC(=O)C(C)(C)O1. The van der Waals surface area contributed by atoms with Gasteiger partial charge in [-0.1, -0.05) is 0 Å². The van der Waals surface area contributed by atoms with Gasteiger partial charge in [0.15, 0.2) is 5.60 Å². The third kappa shape index (κ3) is 1.53. The van der Waals surface area contributed by atoms with E-state index in [-0.39, 0.29) is 5.78 Å². The molecule has 0 unspecified atom stereocenters. The van der Waals surface area contributed by atoms with E-state index in [2.05, 4.69) is 0 Å². The van der Waals surface area contributed by atoms with Gasteiger partial charge in [-0.3, -0.25) is 4.79 Å². The van der Waals surface area contributed by atoms with Crippen LogP contribution in [0.25, 0.3) is 0 Å². The third-order valence-electron chi connectivity index (χ3n) is 1.48. The number of ether oxygens (including phenoxy) is 2. The second-order valence-corrected chi connectivity index (χ2v) is 2.87. The largest absolute Gasteiger partial charge is 0.466 e. The van der Waals surface area contributed by atoms with E-state index in [9.17, 15) is 4.79 Å². The molecule has 0 aromatic heterocycles. The molecule has 0 N–H and O–H groups in total. The van der Waals surface area contributed by atoms with Gasteiger partial charge in [0.1, 0.15) is 0 Å². The first-order valence-corrected chi connectivity index (χ1v) is 3.64. The van der Waals surface area contributed by atoms with Crippen LogP contribution in [0.3, 0.4) is 0 Å². The van der Waals surface area contributed by atoms with Crippen LogP contribution in [-0.2, 0) is 14.3 Å². The van der Waals surface area contributed by atoms with E-state index >= 15 is 0 Å². The molecule has 1 aliphatic heterocycles. The molecule has 0 spiro atoms. The Morgan fingerprint density at radius 3 is 2.64 bits per heavy atom. The number of hydrogen-bond acceptors (Lipinski definition) is 3. The van der Waals surface area contributed by atoms with Crippen molar-refractivity contribution in [3.05, 3.63) is 12.0 Å². The van der Waals surface area contributed by atoms with Gasteiger partial charge in [-0.05, 0) is 20.8 Å². The predicted molar refractivity (Wildman–Crippen MR) is 39.9 cm³/mol. The summed E-state index contributed by atoms with van der Waals surface area (Å²) < 4.78 is 10.2. The molecular weight excluding hydrogens is 144 g/mol. The number of carbonyl (C=O) groups is 1. The lowest BCUT2D eigenvalue weighted by molar-refractivity contribution is -0.130. The van der Waals surface area contributed by atoms with Gasteiger partial charge in [0.2, 0.25) is 5.78 Å². The highest BCUT2D eigenvalue weighted by molar-refractivity contribution is 5.98. The van der Waals surface area contributed by atoms with Crippen molar-refractivity contribution in [3.63, 3.8) is 0 Å². The van der Waals surface area contributed by atoms with Gasteiger partial charge in [0.05, 0.1) is 12.7 Å². The summed E-state index contributed by atoms with van der Waals surface area (Å²) >= 11 is 0. The summed E-state index contributed by atoms with van der Waals surface area (Å²) in [5, 5.41) is 0. The zero-order valence-electron chi connectivity index (χ0n) is 7.01. The molecule has 0 amide bonds. The second kappa shape index (κ2) is 2.57. The smallest absolute Gasteiger partial charge is 0.283 e. The summed E-state index contributed by atoms with van der Waals surface area (Å²) in [6.45, 7) is 5.81. The van der Waals surface area contributed by atoms with Crippen molar-refractivity contribution in [2.75, 3.05) is 6.61 Å². The Morgan fingerprint density at radius 2 is 2.27 bits per heavy atom. The van der Waals surface area contributed by atoms with Gasteiger partial charge in [-0.2, -0.15) is 0 Å². The minimum atomic E-state index is -0.732. The summed E-state index contributed by atoms with van der Waals surface area (Å²) in [6.07, 6.45) is 1.39. The Morgan fingerprint density at radius 1 is 1.64 bits per heavy atom. The lowest BCUT2D eigenvalue weighted by atomic mass is 10.1. The summed E-state index contributed by atoms with van der Waals surface area (Å²) in [7, 11) is 0. The van der Waals surface area contributed by atoms with Crippen molar-refractivity contribution >= 4 is 5.78 Å². The first kappa shape index (κ1) is 8.11. The minimum Gasteiger partial charge on any atom is -0.466 e. The maximum atomic E-state index is 11.1. The number of rotatable bonds is 2. The van der Waals surface area contributed by atoms with Gasteiger partial charge in [-0.25, -0.2) is 0 Å². The molecule has 1 heterocycles. The van der Waals surface area contributed by atoms with Crippen LogP contribution >= 0.6 is 0 Å². The fourth-order valence-electron chi connectivity index (χ4n) is 0.825. The molecule has 1 rings (SSSR count). The lowest BCUT2D eigenvalue weighted by Crippen LogP contribution is -2.28. The highest BCUT2D eigenvalue weighted by atomic mass is 16.7. The average Bonchev–Trinajstić information content (AvgIpc) is 2.08. The molecule has 0 fully saturated rings. The summed E-state index contributed by atoms with van der Waals surface area (Å²) in [4.78, 5) is 11.1. The molecule has 0 aliphatic carbocycles. The highest BCUT2D eigenvalue weighted by Gasteiger charge is 2.35. The molecular formula is C8H12O3. The first-order valence-electron chi connectivity index (χ1n) is 3.64. The predicted octanol–water partition coefficient (Wildman–Crippen LogP) is 1.24. The van der Waals surface area contributed by atoms with E-state index in [1.165, 1.54) is 6.08 Å². The molecule has 3 heteroatoms. The molecule has 11 heavy (non-hydrogen) atoms. The quantitative estimate of drug-likeness (QED) is 0.603.